The Kier molecular flexibility index (Phi) is 2.77. The van der Waals surface area contributed by atoms with Gasteiger partial charge in [-0.2, -0.15) is 0 Å². The van der Waals surface area contributed by atoms with Crippen molar-refractivity contribution in [3.05, 3.63) is 32.2 Å². The molecule has 1 nitrogen and oxygen atoms in total. The Bertz CT molecular complexity index is 336. The molecule has 0 amide bonds. The van der Waals surface area contributed by atoms with Gasteiger partial charge in [-0.05, 0) is 68.3 Å². The second-order valence-corrected chi connectivity index (χ2v) is 5.08. The van der Waals surface area contributed by atoms with E-state index in [0.717, 1.165) is 17.3 Å². The highest BCUT2D eigenvalue weighted by atomic mass is 79.9. The Morgan fingerprint density at radius 1 is 1.31 bits per heavy atom. The van der Waals surface area contributed by atoms with Crippen LogP contribution in [0.4, 0.5) is 0 Å². The van der Waals surface area contributed by atoms with Gasteiger partial charge >= 0.3 is 0 Å². The minimum Gasteiger partial charge on any atom is -0.324 e. The molecule has 0 radical (unpaired) electrons. The Balaban J connectivity index is 2.56. The molecular weight excluding hydrogens is 294 g/mol. The lowest BCUT2D eigenvalue weighted by atomic mass is 9.88. The third-order valence-corrected chi connectivity index (χ3v) is 4.67. The second-order valence-electron chi connectivity index (χ2n) is 3.43. The average Bonchev–Trinajstić information content (AvgIpc) is 2.12. The van der Waals surface area contributed by atoms with Crippen molar-refractivity contribution in [2.24, 2.45) is 5.73 Å². The van der Waals surface area contributed by atoms with Crippen LogP contribution in [-0.4, -0.2) is 0 Å². The van der Waals surface area contributed by atoms with E-state index in [-0.39, 0.29) is 6.04 Å². The molecule has 1 atom stereocenters. The molecule has 0 spiro atoms. The summed E-state index contributed by atoms with van der Waals surface area (Å²) in [4.78, 5) is 0. The van der Waals surface area contributed by atoms with Crippen LogP contribution in [0, 0.1) is 0 Å². The fourth-order valence-electron chi connectivity index (χ4n) is 1.86. The molecule has 3 heteroatoms. The first-order valence-electron chi connectivity index (χ1n) is 4.42. The van der Waals surface area contributed by atoms with E-state index in [2.05, 4.69) is 44.0 Å². The summed E-state index contributed by atoms with van der Waals surface area (Å²) >= 11 is 7.10. The molecule has 0 heterocycles. The van der Waals surface area contributed by atoms with Crippen LogP contribution in [0.2, 0.25) is 0 Å². The summed E-state index contributed by atoms with van der Waals surface area (Å²) < 4.78 is 2.31. The molecule has 1 aliphatic carbocycles. The molecular formula is C10H11Br2N. The van der Waals surface area contributed by atoms with Crippen molar-refractivity contribution in [3.63, 3.8) is 0 Å². The van der Waals surface area contributed by atoms with E-state index in [0.29, 0.717) is 0 Å². The van der Waals surface area contributed by atoms with Gasteiger partial charge in [-0.25, -0.2) is 0 Å². The zero-order valence-electron chi connectivity index (χ0n) is 7.19. The number of rotatable bonds is 0. The van der Waals surface area contributed by atoms with Crippen LogP contribution in [-0.2, 0) is 6.42 Å². The molecule has 1 aromatic rings. The summed E-state index contributed by atoms with van der Waals surface area (Å²) in [5.74, 6) is 0. The molecule has 0 bridgehead atoms. The van der Waals surface area contributed by atoms with E-state index < -0.39 is 0 Å². The number of benzene rings is 1. The highest BCUT2D eigenvalue weighted by Crippen LogP contribution is 2.36. The monoisotopic (exact) mass is 303 g/mol. The molecule has 0 fully saturated rings. The van der Waals surface area contributed by atoms with Gasteiger partial charge in [0.2, 0.25) is 0 Å². The predicted octanol–water partition coefficient (Wildman–Crippen LogP) is 3.55. The molecule has 0 aromatic heterocycles. The van der Waals surface area contributed by atoms with E-state index >= 15 is 0 Å². The minimum absolute atomic E-state index is 0.230. The first kappa shape index (κ1) is 9.69. The molecule has 0 unspecified atom stereocenters. The lowest BCUT2D eigenvalue weighted by Crippen LogP contribution is -2.17. The van der Waals surface area contributed by atoms with Crippen LogP contribution < -0.4 is 5.73 Å². The summed E-state index contributed by atoms with van der Waals surface area (Å²) in [5, 5.41) is 0. The summed E-state index contributed by atoms with van der Waals surface area (Å²) in [7, 11) is 0. The van der Waals surface area contributed by atoms with Gasteiger partial charge < -0.3 is 5.73 Å². The molecule has 13 heavy (non-hydrogen) atoms. The number of fused-ring (bicyclic) bond motifs is 1. The Labute approximate surface area is 95.0 Å². The van der Waals surface area contributed by atoms with E-state index in [4.69, 9.17) is 5.73 Å². The third kappa shape index (κ3) is 1.69. The predicted molar refractivity (Wildman–Crippen MR) is 61.7 cm³/mol. The van der Waals surface area contributed by atoms with Gasteiger partial charge in [0, 0.05) is 15.0 Å². The van der Waals surface area contributed by atoms with Crippen molar-refractivity contribution < 1.29 is 0 Å². The van der Waals surface area contributed by atoms with Crippen molar-refractivity contribution in [1.82, 2.24) is 0 Å². The van der Waals surface area contributed by atoms with Gasteiger partial charge in [0.1, 0.15) is 0 Å². The van der Waals surface area contributed by atoms with Gasteiger partial charge in [0.05, 0.1) is 0 Å². The lowest BCUT2D eigenvalue weighted by molar-refractivity contribution is 0.568. The Morgan fingerprint density at radius 2 is 2.08 bits per heavy atom. The number of nitrogens with two attached hydrogens (primary N) is 1. The molecule has 0 saturated carbocycles. The van der Waals surface area contributed by atoms with Crippen LogP contribution in [0.5, 0.6) is 0 Å². The zero-order chi connectivity index (χ0) is 9.42. The molecule has 70 valence electrons. The standard InChI is InChI=1S/C10H11Br2N/c11-8-5-4-6-7(10(8)12)2-1-3-9(6)13/h4-5,9H,1-3,13H2/t9-/m0/s1. The molecule has 2 N–H and O–H groups in total. The van der Waals surface area contributed by atoms with Crippen molar-refractivity contribution in [2.45, 2.75) is 25.3 Å². The quantitative estimate of drug-likeness (QED) is 0.779. The summed E-state index contributed by atoms with van der Waals surface area (Å²) in [5.41, 5.74) is 8.72. The normalized spacial score (nSPS) is 21.3. The summed E-state index contributed by atoms with van der Waals surface area (Å²) in [6.45, 7) is 0. The van der Waals surface area contributed by atoms with Crippen LogP contribution in [0.15, 0.2) is 21.1 Å². The highest BCUT2D eigenvalue weighted by molar-refractivity contribution is 9.13. The van der Waals surface area contributed by atoms with Crippen LogP contribution in [0.1, 0.15) is 30.0 Å². The van der Waals surface area contributed by atoms with Crippen molar-refractivity contribution in [3.8, 4) is 0 Å². The van der Waals surface area contributed by atoms with Gasteiger partial charge in [0.25, 0.3) is 0 Å². The average molecular weight is 305 g/mol. The first-order chi connectivity index (χ1) is 6.20. The lowest BCUT2D eigenvalue weighted by Gasteiger charge is -2.23. The van der Waals surface area contributed by atoms with Gasteiger partial charge in [-0.1, -0.05) is 6.07 Å². The maximum atomic E-state index is 6.03. The highest BCUT2D eigenvalue weighted by Gasteiger charge is 2.19. The Hall–Kier alpha value is 0.140. The van der Waals surface area contributed by atoms with E-state index in [9.17, 15) is 0 Å². The van der Waals surface area contributed by atoms with Crippen LogP contribution in [0.25, 0.3) is 0 Å². The van der Waals surface area contributed by atoms with Crippen molar-refractivity contribution in [2.75, 3.05) is 0 Å². The minimum atomic E-state index is 0.230. The first-order valence-corrected chi connectivity index (χ1v) is 6.01. The fourth-order valence-corrected chi connectivity index (χ4v) is 2.79. The molecule has 2 rings (SSSR count). The largest absolute Gasteiger partial charge is 0.324 e. The maximum Gasteiger partial charge on any atom is 0.0352 e. The summed E-state index contributed by atoms with van der Waals surface area (Å²) in [6.07, 6.45) is 3.45. The van der Waals surface area contributed by atoms with Gasteiger partial charge in [0.15, 0.2) is 0 Å². The van der Waals surface area contributed by atoms with E-state index in [1.807, 2.05) is 0 Å². The Morgan fingerprint density at radius 3 is 2.85 bits per heavy atom. The smallest absolute Gasteiger partial charge is 0.0352 e. The fraction of sp³-hybridized carbons (Fsp3) is 0.400. The molecule has 1 aromatic carbocycles. The molecule has 1 aliphatic rings. The maximum absolute atomic E-state index is 6.03. The summed E-state index contributed by atoms with van der Waals surface area (Å²) in [6, 6.07) is 4.43. The zero-order valence-corrected chi connectivity index (χ0v) is 10.4. The number of halogens is 2. The van der Waals surface area contributed by atoms with Gasteiger partial charge in [-0.15, -0.1) is 0 Å². The number of hydrogen-bond acceptors (Lipinski definition) is 1. The molecule has 0 aliphatic heterocycles. The SMILES string of the molecule is N[C@H]1CCCc2c1ccc(Br)c2Br. The van der Waals surface area contributed by atoms with Crippen LogP contribution in [0.3, 0.4) is 0 Å². The number of hydrogen-bond donors (Lipinski definition) is 1. The van der Waals surface area contributed by atoms with E-state index in [1.54, 1.807) is 0 Å². The molecule has 0 saturated heterocycles. The van der Waals surface area contributed by atoms with Crippen LogP contribution >= 0.6 is 31.9 Å². The van der Waals surface area contributed by atoms with E-state index in [1.165, 1.54) is 22.0 Å². The topological polar surface area (TPSA) is 26.0 Å². The third-order valence-electron chi connectivity index (χ3n) is 2.57. The van der Waals surface area contributed by atoms with Gasteiger partial charge in [-0.3, -0.25) is 0 Å². The van der Waals surface area contributed by atoms with Crippen molar-refractivity contribution >= 4 is 31.9 Å². The van der Waals surface area contributed by atoms with Crippen molar-refractivity contribution in [1.29, 1.82) is 0 Å². The second kappa shape index (κ2) is 3.71.